The van der Waals surface area contributed by atoms with Crippen LogP contribution in [0.15, 0.2) is 40.7 Å². The van der Waals surface area contributed by atoms with Crippen LogP contribution in [0.1, 0.15) is 17.5 Å². The van der Waals surface area contributed by atoms with Crippen molar-refractivity contribution in [2.45, 2.75) is 31.2 Å². The summed E-state index contributed by atoms with van der Waals surface area (Å²) in [5.74, 6) is 1.08. The summed E-state index contributed by atoms with van der Waals surface area (Å²) in [5, 5.41) is 6.81. The van der Waals surface area contributed by atoms with Crippen molar-refractivity contribution in [3.8, 4) is 0 Å². The van der Waals surface area contributed by atoms with Gasteiger partial charge in [-0.25, -0.2) is 4.98 Å². The molecule has 1 N–H and O–H groups in total. The van der Waals surface area contributed by atoms with E-state index in [0.29, 0.717) is 6.04 Å². The minimum atomic E-state index is 0.488. The summed E-state index contributed by atoms with van der Waals surface area (Å²) in [6.07, 6.45) is 2.90. The fourth-order valence-electron chi connectivity index (χ4n) is 1.87. The summed E-state index contributed by atoms with van der Waals surface area (Å²) in [7, 11) is 0. The average molecular weight is 292 g/mol. The molecule has 1 heterocycles. The van der Waals surface area contributed by atoms with Crippen molar-refractivity contribution >= 4 is 23.1 Å². The highest BCUT2D eigenvalue weighted by Gasteiger charge is 2.10. The lowest BCUT2D eigenvalue weighted by molar-refractivity contribution is 0.571. The monoisotopic (exact) mass is 292 g/mol. The Bertz CT molecular complexity index is 465. The molecule has 1 aromatic heterocycles. The summed E-state index contributed by atoms with van der Waals surface area (Å²) < 4.78 is 0. The van der Waals surface area contributed by atoms with E-state index in [0.717, 1.165) is 18.7 Å². The fourth-order valence-corrected chi connectivity index (χ4v) is 3.53. The minimum Gasteiger partial charge on any atom is -0.313 e. The standard InChI is InChI=1S/C15H20N2S2/c1-3-16-13(10-15-17-8-9-18-15)11-19-14-6-4-12(2)5-7-14/h4-9,13,16H,3,10-11H2,1-2H3. The Morgan fingerprint density at radius 3 is 2.74 bits per heavy atom. The number of thiazole rings is 1. The number of thioether (sulfide) groups is 1. The Labute approximate surface area is 123 Å². The van der Waals surface area contributed by atoms with Gasteiger partial charge in [0.15, 0.2) is 0 Å². The molecule has 2 rings (SSSR count). The Hall–Kier alpha value is -0.840. The molecule has 0 saturated carbocycles. The molecular weight excluding hydrogens is 272 g/mol. The van der Waals surface area contributed by atoms with E-state index in [2.05, 4.69) is 48.4 Å². The number of hydrogen-bond acceptors (Lipinski definition) is 4. The number of rotatable bonds is 7. The van der Waals surface area contributed by atoms with Crippen molar-refractivity contribution in [1.29, 1.82) is 0 Å². The second-order valence-corrected chi connectivity index (χ2v) is 6.58. The van der Waals surface area contributed by atoms with Crippen LogP contribution in [0, 0.1) is 6.92 Å². The first kappa shape index (κ1) is 14.6. The highest BCUT2D eigenvalue weighted by Crippen LogP contribution is 2.20. The third kappa shape index (κ3) is 4.97. The van der Waals surface area contributed by atoms with Gasteiger partial charge in [0.05, 0.1) is 5.01 Å². The molecule has 1 unspecified atom stereocenters. The normalized spacial score (nSPS) is 12.5. The Morgan fingerprint density at radius 2 is 2.11 bits per heavy atom. The quantitative estimate of drug-likeness (QED) is 0.786. The van der Waals surface area contributed by atoms with E-state index in [1.165, 1.54) is 15.5 Å². The number of nitrogens with zero attached hydrogens (tertiary/aromatic N) is 1. The predicted octanol–water partition coefficient (Wildman–Crippen LogP) is 3.76. The van der Waals surface area contributed by atoms with Crippen molar-refractivity contribution < 1.29 is 0 Å². The molecule has 0 aliphatic heterocycles. The molecule has 0 amide bonds. The third-order valence-electron chi connectivity index (χ3n) is 2.87. The van der Waals surface area contributed by atoms with Gasteiger partial charge >= 0.3 is 0 Å². The van der Waals surface area contributed by atoms with Crippen molar-refractivity contribution in [1.82, 2.24) is 10.3 Å². The number of likely N-dealkylation sites (N-methyl/N-ethyl adjacent to an activating group) is 1. The number of benzene rings is 1. The maximum atomic E-state index is 4.37. The highest BCUT2D eigenvalue weighted by molar-refractivity contribution is 7.99. The predicted molar refractivity (Wildman–Crippen MR) is 85.2 cm³/mol. The summed E-state index contributed by atoms with van der Waals surface area (Å²) in [4.78, 5) is 5.71. The Balaban J connectivity index is 1.87. The van der Waals surface area contributed by atoms with Crippen LogP contribution in [0.3, 0.4) is 0 Å². The maximum absolute atomic E-state index is 4.37. The molecule has 0 spiro atoms. The van der Waals surface area contributed by atoms with Gasteiger partial charge in [0.1, 0.15) is 0 Å². The first-order chi connectivity index (χ1) is 9.28. The van der Waals surface area contributed by atoms with Gasteiger partial charge < -0.3 is 5.32 Å². The Kier molecular flexibility index (Phi) is 5.89. The first-order valence-electron chi connectivity index (χ1n) is 6.59. The zero-order valence-electron chi connectivity index (χ0n) is 11.4. The van der Waals surface area contributed by atoms with E-state index < -0.39 is 0 Å². The van der Waals surface area contributed by atoms with E-state index in [1.54, 1.807) is 11.3 Å². The molecule has 0 bridgehead atoms. The molecule has 0 aliphatic carbocycles. The SMILES string of the molecule is CCNC(CSc1ccc(C)cc1)Cc1nccs1. The van der Waals surface area contributed by atoms with Crippen molar-refractivity contribution in [2.24, 2.45) is 0 Å². The van der Waals surface area contributed by atoms with Crippen LogP contribution in [0.2, 0.25) is 0 Å². The zero-order chi connectivity index (χ0) is 13.5. The first-order valence-corrected chi connectivity index (χ1v) is 8.45. The average Bonchev–Trinajstić information content (AvgIpc) is 2.91. The van der Waals surface area contributed by atoms with Crippen LogP contribution in [0.25, 0.3) is 0 Å². The fraction of sp³-hybridized carbons (Fsp3) is 0.400. The Morgan fingerprint density at radius 1 is 1.32 bits per heavy atom. The molecule has 19 heavy (non-hydrogen) atoms. The molecule has 0 saturated heterocycles. The lowest BCUT2D eigenvalue weighted by Crippen LogP contribution is -2.33. The van der Waals surface area contributed by atoms with Gasteiger partial charge in [0.25, 0.3) is 0 Å². The van der Waals surface area contributed by atoms with Gasteiger partial charge in [-0.05, 0) is 25.6 Å². The molecule has 1 atom stereocenters. The van der Waals surface area contributed by atoms with Gasteiger partial charge in [-0.3, -0.25) is 0 Å². The third-order valence-corrected chi connectivity index (χ3v) is 4.85. The van der Waals surface area contributed by atoms with E-state index >= 15 is 0 Å². The van der Waals surface area contributed by atoms with Crippen LogP contribution < -0.4 is 5.32 Å². The van der Waals surface area contributed by atoms with Crippen molar-refractivity contribution in [2.75, 3.05) is 12.3 Å². The van der Waals surface area contributed by atoms with E-state index in [4.69, 9.17) is 0 Å². The molecule has 2 nitrogen and oxygen atoms in total. The summed E-state index contributed by atoms with van der Waals surface area (Å²) in [6.45, 7) is 5.29. The second kappa shape index (κ2) is 7.68. The van der Waals surface area contributed by atoms with E-state index in [1.807, 2.05) is 23.3 Å². The topological polar surface area (TPSA) is 24.9 Å². The zero-order valence-corrected chi connectivity index (χ0v) is 13.1. The van der Waals surface area contributed by atoms with Gasteiger partial charge in [-0.2, -0.15) is 0 Å². The second-order valence-electron chi connectivity index (χ2n) is 4.51. The minimum absolute atomic E-state index is 0.488. The summed E-state index contributed by atoms with van der Waals surface area (Å²) >= 11 is 3.65. The summed E-state index contributed by atoms with van der Waals surface area (Å²) in [5.41, 5.74) is 1.32. The van der Waals surface area contributed by atoms with E-state index in [9.17, 15) is 0 Å². The van der Waals surface area contributed by atoms with Gasteiger partial charge in [-0.1, -0.05) is 24.6 Å². The molecule has 0 radical (unpaired) electrons. The van der Waals surface area contributed by atoms with Gasteiger partial charge in [0, 0.05) is 34.7 Å². The van der Waals surface area contributed by atoms with Crippen LogP contribution in [-0.2, 0) is 6.42 Å². The van der Waals surface area contributed by atoms with Gasteiger partial charge in [0.2, 0.25) is 0 Å². The lowest BCUT2D eigenvalue weighted by atomic mass is 10.2. The summed E-state index contributed by atoms with van der Waals surface area (Å²) in [6, 6.07) is 9.23. The number of nitrogens with one attached hydrogen (secondary N) is 1. The highest BCUT2D eigenvalue weighted by atomic mass is 32.2. The number of hydrogen-bond donors (Lipinski definition) is 1. The van der Waals surface area contributed by atoms with Gasteiger partial charge in [-0.15, -0.1) is 23.1 Å². The van der Waals surface area contributed by atoms with Crippen LogP contribution in [-0.4, -0.2) is 23.3 Å². The molecule has 102 valence electrons. The molecule has 1 aromatic carbocycles. The number of aryl methyl sites for hydroxylation is 1. The van der Waals surface area contributed by atoms with Crippen molar-refractivity contribution in [3.63, 3.8) is 0 Å². The van der Waals surface area contributed by atoms with Crippen LogP contribution in [0.5, 0.6) is 0 Å². The smallest absolute Gasteiger partial charge is 0.0940 e. The maximum Gasteiger partial charge on any atom is 0.0940 e. The lowest BCUT2D eigenvalue weighted by Gasteiger charge is -2.16. The largest absolute Gasteiger partial charge is 0.313 e. The molecule has 2 aromatic rings. The molecular formula is C15H20N2S2. The molecule has 0 fully saturated rings. The number of aromatic nitrogens is 1. The van der Waals surface area contributed by atoms with E-state index in [-0.39, 0.29) is 0 Å². The van der Waals surface area contributed by atoms with Crippen molar-refractivity contribution in [3.05, 3.63) is 46.4 Å². The molecule has 0 aliphatic rings. The van der Waals surface area contributed by atoms with Crippen LogP contribution >= 0.6 is 23.1 Å². The molecule has 4 heteroatoms. The van der Waals surface area contributed by atoms with Crippen LogP contribution in [0.4, 0.5) is 0 Å².